The summed E-state index contributed by atoms with van der Waals surface area (Å²) in [7, 11) is 0. The number of aromatic nitrogens is 2. The standard InChI is InChI=1S/C20H24N4O2S/c1-3-24(17-7-5-4-6-15(17)2)12-11-21-18(25)8-9-19-22-23-20(26-19)16-10-13-27-14-16/h4-7,10,13-14H,3,8-9,11-12H2,1-2H3,(H,21,25). The minimum absolute atomic E-state index is 0.00822. The number of nitrogens with zero attached hydrogens (tertiary/aromatic N) is 3. The van der Waals surface area contributed by atoms with Crippen LogP contribution in [0.5, 0.6) is 0 Å². The summed E-state index contributed by atoms with van der Waals surface area (Å²) in [5.74, 6) is 0.982. The lowest BCUT2D eigenvalue weighted by Gasteiger charge is -2.25. The van der Waals surface area contributed by atoms with Crippen molar-refractivity contribution in [3.63, 3.8) is 0 Å². The van der Waals surface area contributed by atoms with Crippen molar-refractivity contribution in [1.29, 1.82) is 0 Å². The number of hydrogen-bond acceptors (Lipinski definition) is 6. The van der Waals surface area contributed by atoms with Crippen LogP contribution in [0, 0.1) is 6.92 Å². The van der Waals surface area contributed by atoms with Crippen molar-refractivity contribution in [1.82, 2.24) is 15.5 Å². The molecule has 3 rings (SSSR count). The van der Waals surface area contributed by atoms with Gasteiger partial charge >= 0.3 is 0 Å². The summed E-state index contributed by atoms with van der Waals surface area (Å²) in [5.41, 5.74) is 3.36. The smallest absolute Gasteiger partial charge is 0.248 e. The lowest BCUT2D eigenvalue weighted by atomic mass is 10.2. The van der Waals surface area contributed by atoms with Gasteiger partial charge in [0.05, 0.1) is 0 Å². The topological polar surface area (TPSA) is 71.3 Å². The van der Waals surface area contributed by atoms with Crippen LogP contribution < -0.4 is 10.2 Å². The van der Waals surface area contributed by atoms with Crippen LogP contribution in [-0.4, -0.2) is 35.7 Å². The maximum absolute atomic E-state index is 12.1. The van der Waals surface area contributed by atoms with E-state index in [0.29, 0.717) is 31.2 Å². The Hall–Kier alpha value is -2.67. The van der Waals surface area contributed by atoms with Gasteiger partial charge in [0.25, 0.3) is 0 Å². The number of thiophene rings is 1. The van der Waals surface area contributed by atoms with Gasteiger partial charge in [-0.15, -0.1) is 10.2 Å². The molecule has 0 bridgehead atoms. The molecule has 1 aromatic carbocycles. The molecule has 0 aliphatic rings. The summed E-state index contributed by atoms with van der Waals surface area (Å²) in [6.07, 6.45) is 0.778. The number of benzene rings is 1. The van der Waals surface area contributed by atoms with Gasteiger partial charge in [0.15, 0.2) is 0 Å². The molecule has 2 heterocycles. The molecule has 1 N–H and O–H groups in total. The molecule has 0 fully saturated rings. The molecular formula is C20H24N4O2S. The van der Waals surface area contributed by atoms with Gasteiger partial charge < -0.3 is 14.6 Å². The van der Waals surface area contributed by atoms with E-state index in [2.05, 4.69) is 46.4 Å². The molecule has 3 aromatic rings. The molecule has 142 valence electrons. The molecule has 0 radical (unpaired) electrons. The number of para-hydroxylation sites is 1. The van der Waals surface area contributed by atoms with E-state index in [4.69, 9.17) is 4.42 Å². The van der Waals surface area contributed by atoms with Crippen LogP contribution in [0.25, 0.3) is 11.5 Å². The lowest BCUT2D eigenvalue weighted by Crippen LogP contribution is -2.35. The Balaban J connectivity index is 1.42. The second kappa shape index (κ2) is 9.32. The predicted molar refractivity (Wildman–Crippen MR) is 108 cm³/mol. The zero-order valence-corrected chi connectivity index (χ0v) is 16.5. The molecule has 6 nitrogen and oxygen atoms in total. The molecule has 0 unspecified atom stereocenters. The average Bonchev–Trinajstić information content (AvgIpc) is 3.36. The minimum Gasteiger partial charge on any atom is -0.421 e. The number of likely N-dealkylation sites (N-methyl/N-ethyl adjacent to an activating group) is 1. The zero-order valence-electron chi connectivity index (χ0n) is 15.6. The third kappa shape index (κ3) is 5.17. The molecule has 0 aliphatic heterocycles. The molecule has 2 aromatic heterocycles. The van der Waals surface area contributed by atoms with Gasteiger partial charge in [-0.2, -0.15) is 11.3 Å². The Morgan fingerprint density at radius 3 is 2.85 bits per heavy atom. The monoisotopic (exact) mass is 384 g/mol. The Morgan fingerprint density at radius 2 is 2.11 bits per heavy atom. The molecule has 27 heavy (non-hydrogen) atoms. The fourth-order valence-corrected chi connectivity index (χ4v) is 3.49. The van der Waals surface area contributed by atoms with E-state index in [0.717, 1.165) is 18.7 Å². The van der Waals surface area contributed by atoms with Crippen molar-refractivity contribution >= 4 is 22.9 Å². The Bertz CT molecular complexity index is 861. The molecule has 7 heteroatoms. The number of carbonyl (C=O) groups excluding carboxylic acids is 1. The van der Waals surface area contributed by atoms with Crippen molar-refractivity contribution in [2.45, 2.75) is 26.7 Å². The van der Waals surface area contributed by atoms with Crippen molar-refractivity contribution in [3.05, 3.63) is 52.5 Å². The first kappa shape index (κ1) is 19.1. The summed E-state index contributed by atoms with van der Waals surface area (Å²) in [6.45, 7) is 6.50. The van der Waals surface area contributed by atoms with Crippen molar-refractivity contribution < 1.29 is 9.21 Å². The average molecular weight is 385 g/mol. The van der Waals surface area contributed by atoms with Crippen molar-refractivity contribution in [2.75, 3.05) is 24.5 Å². The van der Waals surface area contributed by atoms with Crippen LogP contribution in [0.4, 0.5) is 5.69 Å². The minimum atomic E-state index is -0.00822. The van der Waals surface area contributed by atoms with Crippen molar-refractivity contribution in [3.8, 4) is 11.5 Å². The van der Waals surface area contributed by atoms with Crippen LogP contribution in [-0.2, 0) is 11.2 Å². The van der Waals surface area contributed by atoms with Gasteiger partial charge in [-0.05, 0) is 36.9 Å². The summed E-state index contributed by atoms with van der Waals surface area (Å²) in [5, 5.41) is 14.9. The lowest BCUT2D eigenvalue weighted by molar-refractivity contribution is -0.121. The maximum atomic E-state index is 12.1. The second-order valence-electron chi connectivity index (χ2n) is 6.23. The quantitative estimate of drug-likeness (QED) is 0.609. The summed E-state index contributed by atoms with van der Waals surface area (Å²) in [4.78, 5) is 14.4. The van der Waals surface area contributed by atoms with E-state index in [1.807, 2.05) is 29.0 Å². The van der Waals surface area contributed by atoms with Gasteiger partial charge in [0.1, 0.15) is 0 Å². The van der Waals surface area contributed by atoms with Gasteiger partial charge in [0, 0.05) is 49.1 Å². The molecular weight excluding hydrogens is 360 g/mol. The van der Waals surface area contributed by atoms with Crippen LogP contribution in [0.15, 0.2) is 45.5 Å². The first-order valence-corrected chi connectivity index (χ1v) is 10.0. The molecule has 0 aliphatic carbocycles. The number of amides is 1. The molecule has 0 saturated heterocycles. The SMILES string of the molecule is CCN(CCNC(=O)CCc1nnc(-c2ccsc2)o1)c1ccccc1C. The second-order valence-corrected chi connectivity index (χ2v) is 7.01. The Labute approximate surface area is 163 Å². The summed E-state index contributed by atoms with van der Waals surface area (Å²) in [6, 6.07) is 10.2. The van der Waals surface area contributed by atoms with Gasteiger partial charge in [0.2, 0.25) is 17.7 Å². The van der Waals surface area contributed by atoms with Crippen molar-refractivity contribution in [2.24, 2.45) is 0 Å². The van der Waals surface area contributed by atoms with E-state index in [1.54, 1.807) is 11.3 Å². The third-order valence-electron chi connectivity index (χ3n) is 4.34. The highest BCUT2D eigenvalue weighted by Crippen LogP contribution is 2.21. The van der Waals surface area contributed by atoms with Gasteiger partial charge in [-0.25, -0.2) is 0 Å². The maximum Gasteiger partial charge on any atom is 0.248 e. The molecule has 0 saturated carbocycles. The van der Waals surface area contributed by atoms with E-state index < -0.39 is 0 Å². The number of hydrogen-bond donors (Lipinski definition) is 1. The fraction of sp³-hybridized carbons (Fsp3) is 0.350. The van der Waals surface area contributed by atoms with E-state index in [1.165, 1.54) is 11.3 Å². The molecule has 0 spiro atoms. The highest BCUT2D eigenvalue weighted by molar-refractivity contribution is 7.08. The molecule has 1 amide bonds. The predicted octanol–water partition coefficient (Wildman–Crippen LogP) is 3.68. The zero-order chi connectivity index (χ0) is 19.1. The number of nitrogens with one attached hydrogen (secondary N) is 1. The highest BCUT2D eigenvalue weighted by atomic mass is 32.1. The largest absolute Gasteiger partial charge is 0.421 e. The van der Waals surface area contributed by atoms with E-state index in [-0.39, 0.29) is 5.91 Å². The first-order chi connectivity index (χ1) is 13.2. The first-order valence-electron chi connectivity index (χ1n) is 9.09. The van der Waals surface area contributed by atoms with Gasteiger partial charge in [-0.3, -0.25) is 4.79 Å². The van der Waals surface area contributed by atoms with Crippen LogP contribution in [0.1, 0.15) is 24.8 Å². The van der Waals surface area contributed by atoms with Crippen LogP contribution >= 0.6 is 11.3 Å². The Morgan fingerprint density at radius 1 is 1.26 bits per heavy atom. The number of aryl methyl sites for hydroxylation is 2. The summed E-state index contributed by atoms with van der Waals surface area (Å²) >= 11 is 1.58. The normalized spacial score (nSPS) is 10.7. The Kier molecular flexibility index (Phi) is 6.59. The highest BCUT2D eigenvalue weighted by Gasteiger charge is 2.11. The van der Waals surface area contributed by atoms with E-state index >= 15 is 0 Å². The summed E-state index contributed by atoms with van der Waals surface area (Å²) < 4.78 is 5.61. The third-order valence-corrected chi connectivity index (χ3v) is 5.03. The van der Waals surface area contributed by atoms with Gasteiger partial charge in [-0.1, -0.05) is 18.2 Å². The number of carbonyl (C=O) groups is 1. The molecule has 0 atom stereocenters. The fourth-order valence-electron chi connectivity index (χ4n) is 2.86. The van der Waals surface area contributed by atoms with Crippen LogP contribution in [0.2, 0.25) is 0 Å². The number of rotatable bonds is 9. The van der Waals surface area contributed by atoms with Crippen LogP contribution in [0.3, 0.4) is 0 Å². The van der Waals surface area contributed by atoms with E-state index in [9.17, 15) is 4.79 Å². The number of anilines is 1.